The van der Waals surface area contributed by atoms with Crippen LogP contribution in [0.2, 0.25) is 0 Å². The van der Waals surface area contributed by atoms with Crippen LogP contribution < -0.4 is 16.4 Å². The van der Waals surface area contributed by atoms with Crippen molar-refractivity contribution in [1.82, 2.24) is 5.32 Å². The van der Waals surface area contributed by atoms with E-state index in [1.54, 1.807) is 6.07 Å². The largest absolute Gasteiger partial charge is 0.416 e. The van der Waals surface area contributed by atoms with Gasteiger partial charge in [0.05, 0.1) is 5.56 Å². The minimum atomic E-state index is -4.52. The van der Waals surface area contributed by atoms with Crippen LogP contribution >= 0.6 is 0 Å². The van der Waals surface area contributed by atoms with Crippen molar-refractivity contribution in [2.45, 2.75) is 19.3 Å². The van der Waals surface area contributed by atoms with Crippen molar-refractivity contribution < 1.29 is 18.0 Å². The number of benzene rings is 2. The monoisotopic (exact) mass is 374 g/mol. The lowest BCUT2D eigenvalue weighted by Crippen LogP contribution is -2.17. The van der Waals surface area contributed by atoms with Crippen molar-refractivity contribution in [3.8, 4) is 6.07 Å². The molecule has 0 aliphatic carbocycles. The molecule has 8 heteroatoms. The predicted octanol–water partition coefficient (Wildman–Crippen LogP) is 3.30. The van der Waals surface area contributed by atoms with Crippen LogP contribution in [0.3, 0.4) is 0 Å². The molecule has 0 aromatic heterocycles. The van der Waals surface area contributed by atoms with Crippen molar-refractivity contribution in [1.29, 1.82) is 5.26 Å². The van der Waals surface area contributed by atoms with Gasteiger partial charge in [0, 0.05) is 25.0 Å². The van der Waals surface area contributed by atoms with E-state index in [0.29, 0.717) is 13.1 Å². The minimum Gasteiger partial charge on any atom is -0.386 e. The van der Waals surface area contributed by atoms with Gasteiger partial charge in [-0.15, -0.1) is 0 Å². The molecular formula is C19H17F3N4O. The summed E-state index contributed by atoms with van der Waals surface area (Å²) in [6, 6.07) is 13.4. The Hall–Kier alpha value is -3.31. The Morgan fingerprint density at radius 2 is 1.85 bits per heavy atom. The van der Waals surface area contributed by atoms with Crippen LogP contribution in [0.4, 0.5) is 18.9 Å². The van der Waals surface area contributed by atoms with Crippen LogP contribution in [0.5, 0.6) is 0 Å². The van der Waals surface area contributed by atoms with Crippen LogP contribution in [0.1, 0.15) is 16.7 Å². The van der Waals surface area contributed by atoms with Gasteiger partial charge in [-0.05, 0) is 29.3 Å². The van der Waals surface area contributed by atoms with Gasteiger partial charge in [-0.25, -0.2) is 0 Å². The molecule has 0 unspecified atom stereocenters. The van der Waals surface area contributed by atoms with Gasteiger partial charge < -0.3 is 16.4 Å². The summed E-state index contributed by atoms with van der Waals surface area (Å²) in [6.45, 7) is 0.752. The zero-order chi connectivity index (χ0) is 19.9. The van der Waals surface area contributed by atoms with Gasteiger partial charge in [0.2, 0.25) is 0 Å². The zero-order valence-corrected chi connectivity index (χ0v) is 14.2. The molecule has 0 spiro atoms. The summed E-state index contributed by atoms with van der Waals surface area (Å²) >= 11 is 0. The number of nitrogens with two attached hydrogens (primary N) is 1. The summed E-state index contributed by atoms with van der Waals surface area (Å²) in [7, 11) is 0. The number of halogens is 3. The molecule has 0 bridgehead atoms. The maximum atomic E-state index is 12.7. The molecule has 1 amide bonds. The van der Waals surface area contributed by atoms with Gasteiger partial charge in [-0.1, -0.05) is 30.3 Å². The van der Waals surface area contributed by atoms with Crippen LogP contribution in [-0.4, -0.2) is 5.91 Å². The average molecular weight is 374 g/mol. The number of nitrogens with zero attached hydrogens (tertiary/aromatic N) is 1. The van der Waals surface area contributed by atoms with Gasteiger partial charge in [0.1, 0.15) is 11.6 Å². The average Bonchev–Trinajstić information content (AvgIpc) is 2.65. The number of hydrogen-bond donors (Lipinski definition) is 3. The highest BCUT2D eigenvalue weighted by Crippen LogP contribution is 2.30. The second-order valence-corrected chi connectivity index (χ2v) is 5.61. The van der Waals surface area contributed by atoms with Crippen molar-refractivity contribution >= 4 is 11.6 Å². The Kier molecular flexibility index (Phi) is 6.57. The second kappa shape index (κ2) is 8.87. The predicted molar refractivity (Wildman–Crippen MR) is 94.9 cm³/mol. The number of carbonyl (C=O) groups is 1. The quantitative estimate of drug-likeness (QED) is 0.534. The summed E-state index contributed by atoms with van der Waals surface area (Å²) in [5.41, 5.74) is 6.22. The SMILES string of the molecule is N#C/C(=C/NCc1cccc(CN)c1)C(=O)Nc1cccc(C(F)(F)F)c1. The number of nitriles is 1. The molecular weight excluding hydrogens is 357 g/mol. The molecule has 0 radical (unpaired) electrons. The van der Waals surface area contributed by atoms with Crippen LogP contribution in [0, 0.1) is 11.3 Å². The Bertz CT molecular complexity index is 885. The molecule has 27 heavy (non-hydrogen) atoms. The molecule has 5 nitrogen and oxygen atoms in total. The Labute approximate surface area is 154 Å². The molecule has 2 aromatic carbocycles. The van der Waals surface area contributed by atoms with Gasteiger partial charge in [-0.2, -0.15) is 18.4 Å². The summed E-state index contributed by atoms with van der Waals surface area (Å²) < 4.78 is 38.2. The Morgan fingerprint density at radius 1 is 1.15 bits per heavy atom. The van der Waals surface area contributed by atoms with Crippen LogP contribution in [0.15, 0.2) is 60.3 Å². The molecule has 0 saturated carbocycles. The number of hydrogen-bond acceptors (Lipinski definition) is 4. The van der Waals surface area contributed by atoms with E-state index in [1.807, 2.05) is 24.3 Å². The molecule has 0 saturated heterocycles. The zero-order valence-electron chi connectivity index (χ0n) is 14.2. The lowest BCUT2D eigenvalue weighted by molar-refractivity contribution is -0.137. The molecule has 2 aromatic rings. The van der Waals surface area contributed by atoms with Crippen LogP contribution in [0.25, 0.3) is 0 Å². The third kappa shape index (κ3) is 5.87. The molecule has 140 valence electrons. The first-order valence-corrected chi connectivity index (χ1v) is 7.93. The molecule has 0 aliphatic rings. The highest BCUT2D eigenvalue weighted by molar-refractivity contribution is 6.06. The molecule has 0 aliphatic heterocycles. The maximum Gasteiger partial charge on any atom is 0.416 e. The van der Waals surface area contributed by atoms with Gasteiger partial charge in [-0.3, -0.25) is 4.79 Å². The van der Waals surface area contributed by atoms with Crippen molar-refractivity contribution in [3.05, 3.63) is 77.0 Å². The smallest absolute Gasteiger partial charge is 0.386 e. The number of anilines is 1. The standard InChI is InChI=1S/C19H17F3N4O/c20-19(21,22)16-5-2-6-17(8-16)26-18(27)15(10-24)12-25-11-14-4-1-3-13(7-14)9-23/h1-8,12,25H,9,11,23H2,(H,26,27)/b15-12-. The fourth-order valence-corrected chi connectivity index (χ4v) is 2.26. The van der Waals surface area contributed by atoms with Crippen LogP contribution in [-0.2, 0) is 24.1 Å². The van der Waals surface area contributed by atoms with Gasteiger partial charge >= 0.3 is 6.18 Å². The molecule has 4 N–H and O–H groups in total. The fourth-order valence-electron chi connectivity index (χ4n) is 2.26. The van der Waals surface area contributed by atoms with Gasteiger partial charge in [0.15, 0.2) is 0 Å². The Balaban J connectivity index is 2.03. The van der Waals surface area contributed by atoms with Crippen molar-refractivity contribution in [2.75, 3.05) is 5.32 Å². The first-order chi connectivity index (χ1) is 12.8. The van der Waals surface area contributed by atoms with E-state index in [-0.39, 0.29) is 11.3 Å². The Morgan fingerprint density at radius 3 is 2.52 bits per heavy atom. The van der Waals surface area contributed by atoms with Crippen molar-refractivity contribution in [3.63, 3.8) is 0 Å². The van der Waals surface area contributed by atoms with E-state index in [9.17, 15) is 18.0 Å². The normalized spacial score (nSPS) is 11.6. The minimum absolute atomic E-state index is 0.0494. The number of amides is 1. The highest BCUT2D eigenvalue weighted by atomic mass is 19.4. The second-order valence-electron chi connectivity index (χ2n) is 5.61. The van der Waals surface area contributed by atoms with E-state index in [4.69, 9.17) is 11.0 Å². The molecule has 0 heterocycles. The number of carbonyl (C=O) groups excluding carboxylic acids is 1. The van der Waals surface area contributed by atoms with E-state index in [1.165, 1.54) is 18.3 Å². The molecule has 2 rings (SSSR count). The van der Waals surface area contributed by atoms with Crippen molar-refractivity contribution in [2.24, 2.45) is 5.73 Å². The fraction of sp³-hybridized carbons (Fsp3) is 0.158. The van der Waals surface area contributed by atoms with E-state index in [2.05, 4.69) is 10.6 Å². The van der Waals surface area contributed by atoms with E-state index in [0.717, 1.165) is 23.3 Å². The lowest BCUT2D eigenvalue weighted by atomic mass is 10.1. The summed E-state index contributed by atoms with van der Waals surface area (Å²) in [5, 5.41) is 14.2. The first kappa shape index (κ1) is 20.0. The number of rotatable bonds is 6. The number of nitrogens with one attached hydrogen (secondary N) is 2. The third-order valence-corrected chi connectivity index (χ3v) is 3.59. The molecule has 0 fully saturated rings. The lowest BCUT2D eigenvalue weighted by Gasteiger charge is -2.10. The molecule has 0 atom stereocenters. The first-order valence-electron chi connectivity index (χ1n) is 7.93. The summed E-state index contributed by atoms with van der Waals surface area (Å²) in [4.78, 5) is 12.1. The maximum absolute atomic E-state index is 12.7. The van der Waals surface area contributed by atoms with E-state index >= 15 is 0 Å². The van der Waals surface area contributed by atoms with E-state index < -0.39 is 17.6 Å². The number of alkyl halides is 3. The van der Waals surface area contributed by atoms with Gasteiger partial charge in [0.25, 0.3) is 5.91 Å². The third-order valence-electron chi connectivity index (χ3n) is 3.59. The summed E-state index contributed by atoms with van der Waals surface area (Å²) in [5.74, 6) is -0.806. The topological polar surface area (TPSA) is 90.9 Å². The highest BCUT2D eigenvalue weighted by Gasteiger charge is 2.30. The summed E-state index contributed by atoms with van der Waals surface area (Å²) in [6.07, 6.45) is -3.30.